The third kappa shape index (κ3) is 7.53. The quantitative estimate of drug-likeness (QED) is 0.0767. The molecule has 16 heteroatoms. The van der Waals surface area contributed by atoms with Crippen LogP contribution in [0.2, 0.25) is 0 Å². The molecule has 0 aliphatic rings. The Hall–Kier alpha value is -6.06. The smallest absolute Gasteiger partial charge is 0.326 e. The SMILES string of the molecule is CCc1ccc(C(=O)CCCC[C@H](NC(=O)c2ccc(NCc3cnc4nc(N)nc(N)c4n3)cc2)C(=O)O)c(-c2nn[nH]n2)c1. The number of anilines is 3. The van der Waals surface area contributed by atoms with E-state index >= 15 is 0 Å². The van der Waals surface area contributed by atoms with Gasteiger partial charge in [0.1, 0.15) is 6.04 Å². The first kappa shape index (κ1) is 31.4. The number of carbonyl (C=O) groups is 3. The number of nitrogens with two attached hydrogens (primary N) is 2. The molecule has 0 bridgehead atoms. The summed E-state index contributed by atoms with van der Waals surface area (Å²) in [7, 11) is 0. The van der Waals surface area contributed by atoms with Crippen LogP contribution in [0, 0.1) is 0 Å². The number of aromatic amines is 1. The van der Waals surface area contributed by atoms with Gasteiger partial charge in [-0.3, -0.25) is 9.59 Å². The van der Waals surface area contributed by atoms with E-state index in [-0.39, 0.29) is 30.4 Å². The number of tetrazole rings is 1. The standard InChI is InChI=1S/C30H32N12O4/c1-2-16-7-12-20(21(13-16)26-39-41-42-40-26)23(43)6-4-3-5-22(29(45)46)36-28(44)17-8-10-18(11-9-17)33-14-19-15-34-27-24(35-19)25(31)37-30(32)38-27/h7-13,15,22,33H,2-6,14H2,1H3,(H,36,44)(H,45,46)(H,39,40,41,42)(H4,31,32,34,37,38)/t22-/m0/s1. The molecular weight excluding hydrogens is 592 g/mol. The zero-order valence-corrected chi connectivity index (χ0v) is 24.9. The van der Waals surface area contributed by atoms with Crippen molar-refractivity contribution in [1.29, 1.82) is 0 Å². The highest BCUT2D eigenvalue weighted by Crippen LogP contribution is 2.24. The van der Waals surface area contributed by atoms with E-state index in [4.69, 9.17) is 11.5 Å². The van der Waals surface area contributed by atoms with Crippen molar-refractivity contribution in [3.63, 3.8) is 0 Å². The van der Waals surface area contributed by atoms with E-state index in [0.717, 1.165) is 12.0 Å². The number of hydrogen-bond acceptors (Lipinski definition) is 13. The second-order valence-corrected chi connectivity index (χ2v) is 10.4. The van der Waals surface area contributed by atoms with E-state index in [1.165, 1.54) is 0 Å². The Morgan fingerprint density at radius 2 is 1.83 bits per heavy atom. The summed E-state index contributed by atoms with van der Waals surface area (Å²) in [5.74, 6) is -1.30. The Labute approximate surface area is 262 Å². The lowest BCUT2D eigenvalue weighted by Gasteiger charge is -2.15. The minimum Gasteiger partial charge on any atom is -0.480 e. The second-order valence-electron chi connectivity index (χ2n) is 10.4. The van der Waals surface area contributed by atoms with Crippen molar-refractivity contribution in [2.45, 2.75) is 51.6 Å². The number of ketones is 1. The first-order valence-electron chi connectivity index (χ1n) is 14.5. The number of aromatic nitrogens is 8. The van der Waals surface area contributed by atoms with Crippen LogP contribution in [-0.2, 0) is 17.8 Å². The number of carbonyl (C=O) groups excluding carboxylic acids is 2. The van der Waals surface area contributed by atoms with Gasteiger partial charge >= 0.3 is 5.97 Å². The molecule has 0 fully saturated rings. The van der Waals surface area contributed by atoms with E-state index in [1.807, 2.05) is 19.1 Å². The molecule has 0 saturated carbocycles. The molecule has 1 amide bonds. The maximum absolute atomic E-state index is 13.0. The number of nitrogens with one attached hydrogen (secondary N) is 3. The number of nitrogen functional groups attached to an aromatic ring is 2. The molecule has 16 nitrogen and oxygen atoms in total. The van der Waals surface area contributed by atoms with Crippen LogP contribution < -0.4 is 22.1 Å². The van der Waals surface area contributed by atoms with Gasteiger partial charge in [0, 0.05) is 28.8 Å². The van der Waals surface area contributed by atoms with Gasteiger partial charge in [-0.05, 0) is 60.4 Å². The topological polar surface area (TPSA) is 254 Å². The fourth-order valence-electron chi connectivity index (χ4n) is 4.78. The molecule has 0 radical (unpaired) electrons. The average Bonchev–Trinajstić information content (AvgIpc) is 3.60. The maximum atomic E-state index is 13.0. The lowest BCUT2D eigenvalue weighted by atomic mass is 9.96. The molecule has 3 heterocycles. The summed E-state index contributed by atoms with van der Waals surface area (Å²) in [6.07, 6.45) is 3.55. The van der Waals surface area contributed by atoms with E-state index in [1.54, 1.807) is 36.5 Å². The molecule has 2 aromatic carbocycles. The zero-order chi connectivity index (χ0) is 32.6. The minimum atomic E-state index is -1.15. The van der Waals surface area contributed by atoms with E-state index in [2.05, 4.69) is 51.2 Å². The predicted molar refractivity (Wildman–Crippen MR) is 168 cm³/mol. The van der Waals surface area contributed by atoms with Crippen LogP contribution in [0.3, 0.4) is 0 Å². The number of amides is 1. The number of benzene rings is 2. The Morgan fingerprint density at radius 3 is 2.54 bits per heavy atom. The molecule has 236 valence electrons. The van der Waals surface area contributed by atoms with Gasteiger partial charge in [-0.2, -0.15) is 15.2 Å². The fraction of sp³-hybridized carbons (Fsp3) is 0.267. The molecule has 0 spiro atoms. The van der Waals surface area contributed by atoms with Gasteiger partial charge < -0.3 is 27.2 Å². The molecular formula is C30H32N12O4. The summed E-state index contributed by atoms with van der Waals surface area (Å²) in [5.41, 5.74) is 15.8. The summed E-state index contributed by atoms with van der Waals surface area (Å²) in [4.78, 5) is 54.3. The summed E-state index contributed by atoms with van der Waals surface area (Å²) in [6, 6.07) is 11.0. The number of rotatable bonds is 14. The highest BCUT2D eigenvalue weighted by Gasteiger charge is 2.21. The summed E-state index contributed by atoms with van der Waals surface area (Å²) in [6.45, 7) is 2.32. The first-order chi connectivity index (χ1) is 22.2. The highest BCUT2D eigenvalue weighted by molar-refractivity contribution is 6.01. The van der Waals surface area contributed by atoms with Gasteiger partial charge in [0.2, 0.25) is 11.8 Å². The van der Waals surface area contributed by atoms with Crippen molar-refractivity contribution in [1.82, 2.24) is 45.9 Å². The summed E-state index contributed by atoms with van der Waals surface area (Å²) >= 11 is 0. The highest BCUT2D eigenvalue weighted by atomic mass is 16.4. The monoisotopic (exact) mass is 624 g/mol. The maximum Gasteiger partial charge on any atom is 0.326 e. The third-order valence-corrected chi connectivity index (χ3v) is 7.25. The van der Waals surface area contributed by atoms with Gasteiger partial charge in [-0.25, -0.2) is 14.8 Å². The lowest BCUT2D eigenvalue weighted by Crippen LogP contribution is -2.40. The Kier molecular flexibility index (Phi) is 9.65. The van der Waals surface area contributed by atoms with Crippen molar-refractivity contribution in [3.05, 3.63) is 71.0 Å². The van der Waals surface area contributed by atoms with Crippen LogP contribution in [0.15, 0.2) is 48.7 Å². The number of H-pyrrole nitrogens is 1. The van der Waals surface area contributed by atoms with Gasteiger partial charge in [0.05, 0.1) is 18.4 Å². The summed E-state index contributed by atoms with van der Waals surface area (Å²) < 4.78 is 0. The number of aryl methyl sites for hydroxylation is 1. The second kappa shape index (κ2) is 14.1. The molecule has 0 aliphatic heterocycles. The molecule has 5 rings (SSSR count). The lowest BCUT2D eigenvalue weighted by molar-refractivity contribution is -0.139. The van der Waals surface area contributed by atoms with Crippen LogP contribution >= 0.6 is 0 Å². The molecule has 46 heavy (non-hydrogen) atoms. The van der Waals surface area contributed by atoms with Crippen molar-refractivity contribution < 1.29 is 19.5 Å². The fourth-order valence-corrected chi connectivity index (χ4v) is 4.78. The van der Waals surface area contributed by atoms with Gasteiger partial charge in [-0.1, -0.05) is 25.5 Å². The van der Waals surface area contributed by atoms with Crippen LogP contribution in [0.1, 0.15) is 64.6 Å². The molecule has 0 unspecified atom stereocenters. The molecule has 8 N–H and O–H groups in total. The van der Waals surface area contributed by atoms with Crippen molar-refractivity contribution >= 4 is 46.3 Å². The Morgan fingerprint density at radius 1 is 1.02 bits per heavy atom. The molecule has 3 aromatic heterocycles. The molecule has 0 aliphatic carbocycles. The van der Waals surface area contributed by atoms with Crippen LogP contribution in [0.4, 0.5) is 17.5 Å². The van der Waals surface area contributed by atoms with Gasteiger partial charge in [0.15, 0.2) is 22.8 Å². The number of unbranched alkanes of at least 4 members (excludes halogenated alkanes) is 1. The Balaban J connectivity index is 1.12. The van der Waals surface area contributed by atoms with E-state index in [0.29, 0.717) is 64.4 Å². The van der Waals surface area contributed by atoms with Crippen molar-refractivity contribution in [2.24, 2.45) is 0 Å². The normalized spacial score (nSPS) is 11.7. The largest absolute Gasteiger partial charge is 0.480 e. The Bertz CT molecular complexity index is 1860. The van der Waals surface area contributed by atoms with Gasteiger partial charge in [-0.15, -0.1) is 10.2 Å². The van der Waals surface area contributed by atoms with Crippen molar-refractivity contribution in [2.75, 3.05) is 16.8 Å². The van der Waals surface area contributed by atoms with Gasteiger partial charge in [0.25, 0.3) is 5.91 Å². The average molecular weight is 625 g/mol. The number of aliphatic carboxylic acids is 1. The van der Waals surface area contributed by atoms with E-state index < -0.39 is 17.9 Å². The predicted octanol–water partition coefficient (Wildman–Crippen LogP) is 2.57. The van der Waals surface area contributed by atoms with Crippen LogP contribution in [-0.4, -0.2) is 69.4 Å². The number of hydrogen-bond donors (Lipinski definition) is 6. The summed E-state index contributed by atoms with van der Waals surface area (Å²) in [5, 5.41) is 29.5. The van der Waals surface area contributed by atoms with Crippen molar-refractivity contribution in [3.8, 4) is 11.4 Å². The number of carboxylic acid groups (broad SMARTS) is 1. The van der Waals surface area contributed by atoms with Crippen LogP contribution in [0.25, 0.3) is 22.6 Å². The molecule has 1 atom stereocenters. The number of Topliss-reactive ketones (excluding diaryl/α,β-unsaturated/α-hetero) is 1. The minimum absolute atomic E-state index is 0.0154. The molecule has 0 saturated heterocycles. The van der Waals surface area contributed by atoms with E-state index in [9.17, 15) is 19.5 Å². The number of carboxylic acids is 1. The zero-order valence-electron chi connectivity index (χ0n) is 24.9. The molecule has 5 aromatic rings. The number of fused-ring (bicyclic) bond motifs is 1. The number of nitrogens with zero attached hydrogens (tertiary/aromatic N) is 7. The third-order valence-electron chi connectivity index (χ3n) is 7.25. The first-order valence-corrected chi connectivity index (χ1v) is 14.5. The van der Waals surface area contributed by atoms with Crippen LogP contribution in [0.5, 0.6) is 0 Å².